The SMILES string of the molecule is Cc1nccn1[C@@H]1CCC[C@@H](N(C)C(=O)CCc2nc3ccccc3[nH]2)[C@H]1O. The molecule has 2 N–H and O–H groups in total. The first kappa shape index (κ1) is 18.7. The van der Waals surface area contributed by atoms with Crippen molar-refractivity contribution in [3.63, 3.8) is 0 Å². The summed E-state index contributed by atoms with van der Waals surface area (Å²) in [4.78, 5) is 26.6. The van der Waals surface area contributed by atoms with Crippen molar-refractivity contribution in [2.75, 3.05) is 7.05 Å². The van der Waals surface area contributed by atoms with Gasteiger partial charge in [0.15, 0.2) is 0 Å². The molecule has 0 radical (unpaired) electrons. The smallest absolute Gasteiger partial charge is 0.223 e. The zero-order chi connectivity index (χ0) is 19.7. The van der Waals surface area contributed by atoms with Crippen molar-refractivity contribution in [3.8, 4) is 0 Å². The Hall–Kier alpha value is -2.67. The number of rotatable bonds is 5. The van der Waals surface area contributed by atoms with Crippen molar-refractivity contribution in [1.82, 2.24) is 24.4 Å². The molecule has 0 bridgehead atoms. The van der Waals surface area contributed by atoms with Gasteiger partial charge in [0, 0.05) is 32.3 Å². The predicted octanol–water partition coefficient (Wildman–Crippen LogP) is 2.61. The first-order chi connectivity index (χ1) is 13.5. The second-order valence-corrected chi connectivity index (χ2v) is 7.64. The summed E-state index contributed by atoms with van der Waals surface area (Å²) in [6.07, 6.45) is 6.70. The molecule has 0 spiro atoms. The number of benzene rings is 1. The number of aromatic nitrogens is 4. The number of likely N-dealkylation sites (N-methyl/N-ethyl adjacent to an activating group) is 1. The third kappa shape index (κ3) is 3.54. The van der Waals surface area contributed by atoms with Crippen LogP contribution in [0.5, 0.6) is 0 Å². The quantitative estimate of drug-likeness (QED) is 0.711. The number of hydrogen-bond acceptors (Lipinski definition) is 4. The molecule has 7 nitrogen and oxygen atoms in total. The van der Waals surface area contributed by atoms with E-state index in [1.165, 1.54) is 0 Å². The number of para-hydroxylation sites is 2. The van der Waals surface area contributed by atoms with Crippen molar-refractivity contribution in [2.24, 2.45) is 0 Å². The van der Waals surface area contributed by atoms with E-state index < -0.39 is 6.10 Å². The van der Waals surface area contributed by atoms with Gasteiger partial charge in [-0.05, 0) is 38.3 Å². The largest absolute Gasteiger partial charge is 0.389 e. The van der Waals surface area contributed by atoms with Crippen LogP contribution in [0, 0.1) is 6.92 Å². The lowest BCUT2D eigenvalue weighted by Crippen LogP contribution is -2.50. The lowest BCUT2D eigenvalue weighted by Gasteiger charge is -2.40. The molecule has 1 aromatic carbocycles. The fourth-order valence-corrected chi connectivity index (χ4v) is 4.31. The third-order valence-electron chi connectivity index (χ3n) is 5.91. The molecule has 2 heterocycles. The number of amides is 1. The molecular weight excluding hydrogens is 354 g/mol. The van der Waals surface area contributed by atoms with Crippen LogP contribution >= 0.6 is 0 Å². The number of nitrogens with zero attached hydrogens (tertiary/aromatic N) is 4. The Kier molecular flexibility index (Phi) is 5.17. The van der Waals surface area contributed by atoms with Crippen molar-refractivity contribution >= 4 is 16.9 Å². The van der Waals surface area contributed by atoms with Crippen LogP contribution in [-0.4, -0.2) is 54.6 Å². The monoisotopic (exact) mass is 381 g/mol. The summed E-state index contributed by atoms with van der Waals surface area (Å²) < 4.78 is 2.03. The van der Waals surface area contributed by atoms with Gasteiger partial charge < -0.3 is 19.6 Å². The van der Waals surface area contributed by atoms with Crippen molar-refractivity contribution < 1.29 is 9.90 Å². The highest BCUT2D eigenvalue weighted by molar-refractivity contribution is 5.77. The van der Waals surface area contributed by atoms with Crippen LogP contribution in [0.15, 0.2) is 36.7 Å². The van der Waals surface area contributed by atoms with Crippen molar-refractivity contribution in [2.45, 2.75) is 57.2 Å². The van der Waals surface area contributed by atoms with E-state index in [0.717, 1.165) is 41.9 Å². The number of nitrogens with one attached hydrogen (secondary N) is 1. The molecule has 1 aliphatic carbocycles. The van der Waals surface area contributed by atoms with Gasteiger partial charge in [-0.25, -0.2) is 9.97 Å². The molecule has 0 aliphatic heterocycles. The van der Waals surface area contributed by atoms with E-state index >= 15 is 0 Å². The Morgan fingerprint density at radius 1 is 1.36 bits per heavy atom. The average Bonchev–Trinajstić information content (AvgIpc) is 3.31. The van der Waals surface area contributed by atoms with Crippen LogP contribution in [0.1, 0.15) is 43.4 Å². The van der Waals surface area contributed by atoms with Gasteiger partial charge in [0.25, 0.3) is 0 Å². The molecule has 0 saturated heterocycles. The third-order valence-corrected chi connectivity index (χ3v) is 5.91. The van der Waals surface area contributed by atoms with E-state index in [1.54, 1.807) is 18.1 Å². The summed E-state index contributed by atoms with van der Waals surface area (Å²) in [7, 11) is 1.80. The zero-order valence-corrected chi connectivity index (χ0v) is 16.4. The number of aryl methyl sites for hydroxylation is 2. The molecule has 0 unspecified atom stereocenters. The van der Waals surface area contributed by atoms with Gasteiger partial charge in [0.1, 0.15) is 11.6 Å². The molecule has 2 aromatic heterocycles. The Labute approximate surface area is 164 Å². The Balaban J connectivity index is 1.40. The lowest BCUT2D eigenvalue weighted by molar-refractivity contribution is -0.136. The molecule has 1 fully saturated rings. The molecule has 1 aliphatic rings. The molecule has 1 saturated carbocycles. The van der Waals surface area contributed by atoms with Gasteiger partial charge in [0.05, 0.1) is 29.2 Å². The Morgan fingerprint density at radius 2 is 2.18 bits per heavy atom. The second kappa shape index (κ2) is 7.75. The lowest BCUT2D eigenvalue weighted by atomic mass is 9.86. The van der Waals surface area contributed by atoms with E-state index in [-0.39, 0.29) is 18.0 Å². The number of aliphatic hydroxyl groups excluding tert-OH is 1. The highest BCUT2D eigenvalue weighted by atomic mass is 16.3. The number of fused-ring (bicyclic) bond motifs is 1. The first-order valence-corrected chi connectivity index (χ1v) is 9.91. The fraction of sp³-hybridized carbons (Fsp3) is 0.476. The summed E-state index contributed by atoms with van der Waals surface area (Å²) in [5.74, 6) is 1.75. The topological polar surface area (TPSA) is 87.0 Å². The summed E-state index contributed by atoms with van der Waals surface area (Å²) >= 11 is 0. The number of aromatic amines is 1. The maximum absolute atomic E-state index is 12.8. The average molecular weight is 381 g/mol. The Bertz CT molecular complexity index is 930. The molecular formula is C21H27N5O2. The minimum atomic E-state index is -0.596. The zero-order valence-electron chi connectivity index (χ0n) is 16.4. The highest BCUT2D eigenvalue weighted by Gasteiger charge is 2.37. The molecule has 7 heteroatoms. The predicted molar refractivity (Wildman–Crippen MR) is 107 cm³/mol. The maximum atomic E-state index is 12.8. The van der Waals surface area contributed by atoms with Crippen LogP contribution in [0.3, 0.4) is 0 Å². The minimum Gasteiger partial charge on any atom is -0.389 e. The molecule has 28 heavy (non-hydrogen) atoms. The molecule has 1 amide bonds. The van der Waals surface area contributed by atoms with E-state index in [0.29, 0.717) is 12.8 Å². The van der Waals surface area contributed by atoms with Crippen LogP contribution < -0.4 is 0 Å². The molecule has 3 aromatic rings. The summed E-state index contributed by atoms with van der Waals surface area (Å²) in [6.45, 7) is 1.94. The maximum Gasteiger partial charge on any atom is 0.223 e. The van der Waals surface area contributed by atoms with Crippen LogP contribution in [0.2, 0.25) is 0 Å². The van der Waals surface area contributed by atoms with Crippen LogP contribution in [0.25, 0.3) is 11.0 Å². The van der Waals surface area contributed by atoms with Gasteiger partial charge in [-0.2, -0.15) is 0 Å². The van der Waals surface area contributed by atoms with E-state index in [1.807, 2.05) is 42.0 Å². The van der Waals surface area contributed by atoms with Crippen molar-refractivity contribution in [3.05, 3.63) is 48.3 Å². The number of H-pyrrole nitrogens is 1. The standard InChI is InChI=1S/C21H27N5O2/c1-14-22-12-13-26(14)18-9-5-8-17(21(18)28)25(2)20(27)11-10-19-23-15-6-3-4-7-16(15)24-19/h3-4,6-7,12-13,17-18,21,28H,5,8-11H2,1-2H3,(H,23,24)/t17-,18-,21-/m1/s1. The highest BCUT2D eigenvalue weighted by Crippen LogP contribution is 2.32. The van der Waals surface area contributed by atoms with E-state index in [2.05, 4.69) is 15.0 Å². The second-order valence-electron chi connectivity index (χ2n) is 7.64. The van der Waals surface area contributed by atoms with Crippen LogP contribution in [-0.2, 0) is 11.2 Å². The summed E-state index contributed by atoms with van der Waals surface area (Å²) in [5.41, 5.74) is 1.90. The van der Waals surface area contributed by atoms with Gasteiger partial charge in [-0.1, -0.05) is 12.1 Å². The molecule has 3 atom stereocenters. The Morgan fingerprint density at radius 3 is 2.93 bits per heavy atom. The van der Waals surface area contributed by atoms with E-state index in [4.69, 9.17) is 0 Å². The summed E-state index contributed by atoms with van der Waals surface area (Å²) in [5, 5.41) is 11.0. The van der Waals surface area contributed by atoms with Gasteiger partial charge in [0.2, 0.25) is 5.91 Å². The number of hydrogen-bond donors (Lipinski definition) is 2. The van der Waals surface area contributed by atoms with E-state index in [9.17, 15) is 9.90 Å². The summed E-state index contributed by atoms with van der Waals surface area (Å²) in [6, 6.07) is 7.65. The molecule has 148 valence electrons. The fourth-order valence-electron chi connectivity index (χ4n) is 4.31. The normalized spacial score (nSPS) is 22.5. The molecule has 4 rings (SSSR count). The van der Waals surface area contributed by atoms with Crippen molar-refractivity contribution in [1.29, 1.82) is 0 Å². The number of carbonyl (C=O) groups is 1. The van der Waals surface area contributed by atoms with Gasteiger partial charge in [-0.15, -0.1) is 0 Å². The van der Waals surface area contributed by atoms with Crippen LogP contribution in [0.4, 0.5) is 0 Å². The number of carbonyl (C=O) groups excluding carboxylic acids is 1. The van der Waals surface area contributed by atoms with Gasteiger partial charge in [-0.3, -0.25) is 4.79 Å². The number of imidazole rings is 2. The van der Waals surface area contributed by atoms with Gasteiger partial charge >= 0.3 is 0 Å². The minimum absolute atomic E-state index is 0.0347. The first-order valence-electron chi connectivity index (χ1n) is 9.91. The number of aliphatic hydroxyl groups is 1.